The zero-order valence-electron chi connectivity index (χ0n) is 12.9. The summed E-state index contributed by atoms with van der Waals surface area (Å²) < 4.78 is 1.76. The number of nitrogens with zero attached hydrogens (tertiary/aromatic N) is 5. The zero-order chi connectivity index (χ0) is 16.1. The molecule has 7 nitrogen and oxygen atoms in total. The molecule has 0 aliphatic heterocycles. The van der Waals surface area contributed by atoms with Crippen molar-refractivity contribution in [1.82, 2.24) is 34.9 Å². The molecule has 0 amide bonds. The average Bonchev–Trinajstić information content (AvgIpc) is 3.30. The Balaban J connectivity index is 1.70. The smallest absolute Gasteiger partial charge is 0.135 e. The lowest BCUT2D eigenvalue weighted by molar-refractivity contribution is 0.768. The Morgan fingerprint density at radius 1 is 1.12 bits per heavy atom. The molecule has 2 N–H and O–H groups in total. The second kappa shape index (κ2) is 4.76. The van der Waals surface area contributed by atoms with Crippen LogP contribution in [0.3, 0.4) is 0 Å². The average molecular weight is 315 g/mol. The quantitative estimate of drug-likeness (QED) is 0.524. The highest BCUT2D eigenvalue weighted by molar-refractivity contribution is 5.93. The number of H-pyrrole nitrogens is 2. The first kappa shape index (κ1) is 13.0. The van der Waals surface area contributed by atoms with Crippen LogP contribution in [0, 0.1) is 0 Å². The number of hydrogen-bond donors (Lipinski definition) is 2. The van der Waals surface area contributed by atoms with Crippen molar-refractivity contribution in [3.63, 3.8) is 0 Å². The Bertz CT molecular complexity index is 1150. The fourth-order valence-corrected chi connectivity index (χ4v) is 2.88. The topological polar surface area (TPSA) is 88.1 Å². The Hall–Kier alpha value is -3.48. The highest BCUT2D eigenvalue weighted by Crippen LogP contribution is 2.28. The molecule has 0 fully saturated rings. The van der Waals surface area contributed by atoms with Gasteiger partial charge in [-0.3, -0.25) is 14.8 Å². The monoisotopic (exact) mass is 315 g/mol. The molecule has 5 rings (SSSR count). The van der Waals surface area contributed by atoms with E-state index in [-0.39, 0.29) is 0 Å². The molecular formula is C17H13N7. The van der Waals surface area contributed by atoms with Gasteiger partial charge in [0.25, 0.3) is 0 Å². The number of hydrogen-bond acceptors (Lipinski definition) is 4. The maximum Gasteiger partial charge on any atom is 0.135 e. The SMILES string of the molecule is Cn1cc(-c2ccc3[nH]nc(-c4cc5ncccc5[nH]4)c3n2)cn1. The molecule has 0 saturated carbocycles. The lowest BCUT2D eigenvalue weighted by atomic mass is 10.2. The van der Waals surface area contributed by atoms with Crippen molar-refractivity contribution in [3.05, 3.63) is 48.9 Å². The van der Waals surface area contributed by atoms with Gasteiger partial charge in [0, 0.05) is 25.0 Å². The van der Waals surface area contributed by atoms with Gasteiger partial charge in [0.15, 0.2) is 0 Å². The molecule has 116 valence electrons. The fourth-order valence-electron chi connectivity index (χ4n) is 2.88. The van der Waals surface area contributed by atoms with Crippen molar-refractivity contribution < 1.29 is 0 Å². The lowest BCUT2D eigenvalue weighted by Crippen LogP contribution is -1.86. The van der Waals surface area contributed by atoms with Crippen molar-refractivity contribution in [1.29, 1.82) is 0 Å². The van der Waals surface area contributed by atoms with Gasteiger partial charge in [-0.2, -0.15) is 10.2 Å². The van der Waals surface area contributed by atoms with Crippen LogP contribution in [0.1, 0.15) is 0 Å². The van der Waals surface area contributed by atoms with Crippen LogP contribution in [0.2, 0.25) is 0 Å². The maximum atomic E-state index is 4.78. The van der Waals surface area contributed by atoms with E-state index in [4.69, 9.17) is 4.98 Å². The zero-order valence-corrected chi connectivity index (χ0v) is 12.9. The number of aryl methyl sites for hydroxylation is 1. The van der Waals surface area contributed by atoms with Gasteiger partial charge < -0.3 is 4.98 Å². The Morgan fingerprint density at radius 3 is 2.92 bits per heavy atom. The third kappa shape index (κ3) is 1.91. The second-order valence-electron chi connectivity index (χ2n) is 5.69. The molecule has 0 bridgehead atoms. The van der Waals surface area contributed by atoms with Crippen LogP contribution in [0.25, 0.3) is 44.7 Å². The van der Waals surface area contributed by atoms with E-state index >= 15 is 0 Å². The van der Waals surface area contributed by atoms with Gasteiger partial charge in [0.05, 0.1) is 34.1 Å². The number of rotatable bonds is 2. The molecule has 0 saturated heterocycles. The summed E-state index contributed by atoms with van der Waals surface area (Å²) in [5.74, 6) is 0. The Labute approximate surface area is 136 Å². The van der Waals surface area contributed by atoms with E-state index in [2.05, 4.69) is 25.3 Å². The summed E-state index contributed by atoms with van der Waals surface area (Å²) in [7, 11) is 1.89. The van der Waals surface area contributed by atoms with Crippen LogP contribution in [-0.4, -0.2) is 34.9 Å². The number of aromatic nitrogens is 7. The third-order valence-corrected chi connectivity index (χ3v) is 4.05. The van der Waals surface area contributed by atoms with Gasteiger partial charge in [0.1, 0.15) is 11.2 Å². The minimum atomic E-state index is 0.786. The van der Waals surface area contributed by atoms with Crippen molar-refractivity contribution in [2.75, 3.05) is 0 Å². The van der Waals surface area contributed by atoms with Crippen LogP contribution >= 0.6 is 0 Å². The molecule has 0 spiro atoms. The van der Waals surface area contributed by atoms with Gasteiger partial charge in [-0.15, -0.1) is 0 Å². The van der Waals surface area contributed by atoms with E-state index in [0.29, 0.717) is 0 Å². The number of aromatic amines is 2. The van der Waals surface area contributed by atoms with Crippen molar-refractivity contribution in [2.45, 2.75) is 0 Å². The van der Waals surface area contributed by atoms with Crippen LogP contribution in [-0.2, 0) is 7.05 Å². The normalized spacial score (nSPS) is 11.5. The highest BCUT2D eigenvalue weighted by atomic mass is 15.2. The lowest BCUT2D eigenvalue weighted by Gasteiger charge is -1.98. The Kier molecular flexibility index (Phi) is 2.58. The summed E-state index contributed by atoms with van der Waals surface area (Å²) in [6.07, 6.45) is 5.53. The highest BCUT2D eigenvalue weighted by Gasteiger charge is 2.14. The van der Waals surface area contributed by atoms with E-state index in [1.54, 1.807) is 17.1 Å². The van der Waals surface area contributed by atoms with Crippen molar-refractivity contribution >= 4 is 22.1 Å². The minimum absolute atomic E-state index is 0.786. The van der Waals surface area contributed by atoms with Gasteiger partial charge in [-0.05, 0) is 30.3 Å². The minimum Gasteiger partial charge on any atom is -0.352 e. The summed E-state index contributed by atoms with van der Waals surface area (Å²) in [6, 6.07) is 9.85. The van der Waals surface area contributed by atoms with Crippen LogP contribution in [0.5, 0.6) is 0 Å². The standard InChI is InChI=1S/C17H13N7/c1-24-9-10(8-19-24)11-4-5-13-16(21-11)17(23-22-13)15-7-14-12(20-15)3-2-6-18-14/h2-9,20H,1H3,(H,22,23). The van der Waals surface area contributed by atoms with E-state index in [0.717, 1.165) is 44.7 Å². The molecular weight excluding hydrogens is 302 g/mol. The van der Waals surface area contributed by atoms with Gasteiger partial charge in [-0.1, -0.05) is 0 Å². The van der Waals surface area contributed by atoms with E-state index in [1.165, 1.54) is 0 Å². The number of nitrogens with one attached hydrogen (secondary N) is 2. The first-order valence-corrected chi connectivity index (χ1v) is 7.56. The third-order valence-electron chi connectivity index (χ3n) is 4.05. The molecule has 5 aromatic heterocycles. The molecule has 5 heterocycles. The predicted octanol–water partition coefficient (Wildman–Crippen LogP) is 2.90. The first-order chi connectivity index (χ1) is 11.8. The van der Waals surface area contributed by atoms with Crippen LogP contribution in [0.15, 0.2) is 48.9 Å². The molecule has 0 unspecified atom stereocenters. The molecule has 5 aromatic rings. The molecule has 7 heteroatoms. The largest absolute Gasteiger partial charge is 0.352 e. The summed E-state index contributed by atoms with van der Waals surface area (Å²) in [6.45, 7) is 0. The fraction of sp³-hybridized carbons (Fsp3) is 0.0588. The van der Waals surface area contributed by atoms with Gasteiger partial charge >= 0.3 is 0 Å². The van der Waals surface area contributed by atoms with Crippen molar-refractivity contribution in [2.24, 2.45) is 7.05 Å². The van der Waals surface area contributed by atoms with Gasteiger partial charge in [-0.25, -0.2) is 4.98 Å². The van der Waals surface area contributed by atoms with E-state index < -0.39 is 0 Å². The summed E-state index contributed by atoms with van der Waals surface area (Å²) in [5.41, 5.74) is 7.13. The molecule has 24 heavy (non-hydrogen) atoms. The second-order valence-corrected chi connectivity index (χ2v) is 5.69. The Morgan fingerprint density at radius 2 is 2.08 bits per heavy atom. The summed E-state index contributed by atoms with van der Waals surface area (Å²) in [5, 5.41) is 11.7. The van der Waals surface area contributed by atoms with Crippen LogP contribution < -0.4 is 0 Å². The number of pyridine rings is 2. The van der Waals surface area contributed by atoms with Crippen LogP contribution in [0.4, 0.5) is 0 Å². The maximum absolute atomic E-state index is 4.78. The van der Waals surface area contributed by atoms with E-state index in [1.807, 2.05) is 43.6 Å². The first-order valence-electron chi connectivity index (χ1n) is 7.56. The van der Waals surface area contributed by atoms with Gasteiger partial charge in [0.2, 0.25) is 0 Å². The molecule has 0 radical (unpaired) electrons. The molecule has 0 aliphatic rings. The summed E-state index contributed by atoms with van der Waals surface area (Å²) >= 11 is 0. The molecule has 0 aliphatic carbocycles. The summed E-state index contributed by atoms with van der Waals surface area (Å²) in [4.78, 5) is 12.5. The van der Waals surface area contributed by atoms with E-state index in [9.17, 15) is 0 Å². The van der Waals surface area contributed by atoms with Crippen molar-refractivity contribution in [3.8, 4) is 22.6 Å². The number of fused-ring (bicyclic) bond motifs is 2. The molecule has 0 atom stereocenters. The predicted molar refractivity (Wildman–Crippen MR) is 91.2 cm³/mol. The molecule has 0 aromatic carbocycles.